The first kappa shape index (κ1) is 47.9. The Morgan fingerprint density at radius 1 is 0.535 bits per heavy atom. The zero-order chi connectivity index (χ0) is 49.8. The molecule has 0 bridgehead atoms. The third kappa shape index (κ3) is 8.48. The number of imide groups is 2. The van der Waals surface area contributed by atoms with Crippen LogP contribution in [-0.2, 0) is 30.0 Å². The number of amides is 4. The summed E-state index contributed by atoms with van der Waals surface area (Å²) in [7, 11) is 0. The number of nitrogens with zero attached hydrogens (tertiary/aromatic N) is 4. The maximum atomic E-state index is 15.5. The zero-order valence-corrected chi connectivity index (χ0v) is 41.6. The molecule has 3 aliphatic heterocycles. The van der Waals surface area contributed by atoms with Crippen LogP contribution in [0.5, 0.6) is 0 Å². The third-order valence-electron chi connectivity index (χ3n) is 16.4. The lowest BCUT2D eigenvalue weighted by atomic mass is 9.78. The largest absolute Gasteiger partial charge is 0.481 e. The summed E-state index contributed by atoms with van der Waals surface area (Å²) in [5, 5.41) is 24.3. The van der Waals surface area contributed by atoms with Crippen molar-refractivity contribution >= 4 is 62.7 Å². The van der Waals surface area contributed by atoms with Gasteiger partial charge in [0.05, 0.1) is 12.8 Å². The lowest BCUT2D eigenvalue weighted by molar-refractivity contribution is -0.140. The highest BCUT2D eigenvalue weighted by Gasteiger charge is 2.50. The average Bonchev–Trinajstić information content (AvgIpc) is 3.72. The number of anilines is 2. The molecule has 2 N–H and O–H groups in total. The standard InChI is InChI=1S/C60H66N4O7/c1-59(2)48(61(36-34-50(65)66)46-30-26-38-16-11-13-24-44(38)54(46)59)32-28-40-18-15-19-41(29-33-49-60(3,4)55-45-25-14-12-17-39(45)27-31-47(55)62(49)37-35-51(67)68)52(40)53-56(69)63(42-20-7-5-8-21-42)58(71)64(57(53)70)43-22-9-6-10-23-43/h11-14,16-17,24-33,42-43H,5-10,15,18-23,34-37H2,1-4H3,(H,65,66)(H,67,68)/b40-28+,41-29+,48-32+,49-33?. The second-order valence-corrected chi connectivity index (χ2v) is 21.5. The van der Waals surface area contributed by atoms with Gasteiger partial charge in [0.1, 0.15) is 5.57 Å². The van der Waals surface area contributed by atoms with Gasteiger partial charge in [0.15, 0.2) is 0 Å². The fourth-order valence-electron chi connectivity index (χ4n) is 13.1. The number of hydrogen-bond acceptors (Lipinski definition) is 7. The Morgan fingerprint density at radius 2 is 0.944 bits per heavy atom. The molecular weight excluding hydrogens is 889 g/mol. The van der Waals surface area contributed by atoms with Crippen LogP contribution in [0.2, 0.25) is 0 Å². The number of carboxylic acids is 2. The van der Waals surface area contributed by atoms with Crippen molar-refractivity contribution in [1.82, 2.24) is 9.80 Å². The number of barbiturate groups is 1. The van der Waals surface area contributed by atoms with Crippen molar-refractivity contribution in [2.24, 2.45) is 0 Å². The zero-order valence-electron chi connectivity index (χ0n) is 41.6. The summed E-state index contributed by atoms with van der Waals surface area (Å²) in [6.45, 7) is 9.20. The first-order valence-corrected chi connectivity index (χ1v) is 26.0. The number of rotatable bonds is 10. The molecule has 4 fully saturated rings. The minimum Gasteiger partial charge on any atom is -0.481 e. The van der Waals surface area contributed by atoms with Crippen molar-refractivity contribution in [3.05, 3.63) is 142 Å². The number of fused-ring (bicyclic) bond motifs is 6. The van der Waals surface area contributed by atoms with Crippen LogP contribution in [0.4, 0.5) is 16.2 Å². The van der Waals surface area contributed by atoms with Gasteiger partial charge < -0.3 is 20.0 Å². The normalized spacial score (nSPS) is 23.1. The molecule has 368 valence electrons. The molecule has 10 rings (SSSR count). The maximum Gasteiger partial charge on any atom is 0.334 e. The molecular formula is C60H66N4O7. The van der Waals surface area contributed by atoms with Crippen molar-refractivity contribution in [3.8, 4) is 0 Å². The minimum absolute atomic E-state index is 0.0418. The smallest absolute Gasteiger partial charge is 0.334 e. The molecule has 3 saturated carbocycles. The summed E-state index contributed by atoms with van der Waals surface area (Å²) in [5.74, 6) is -2.84. The molecule has 3 aliphatic carbocycles. The van der Waals surface area contributed by atoms with Crippen LogP contribution in [0, 0.1) is 0 Å². The van der Waals surface area contributed by atoms with Gasteiger partial charge in [0.2, 0.25) is 0 Å². The van der Waals surface area contributed by atoms with Crippen LogP contribution < -0.4 is 9.80 Å². The van der Waals surface area contributed by atoms with Gasteiger partial charge in [-0.05, 0) is 119 Å². The van der Waals surface area contributed by atoms with Gasteiger partial charge in [-0.25, -0.2) is 4.79 Å². The van der Waals surface area contributed by atoms with E-state index in [1.54, 1.807) is 0 Å². The maximum absolute atomic E-state index is 15.5. The second-order valence-electron chi connectivity index (χ2n) is 21.5. The third-order valence-corrected chi connectivity index (χ3v) is 16.4. The summed E-state index contributed by atoms with van der Waals surface area (Å²) in [5.41, 5.74) is 7.07. The molecule has 0 spiro atoms. The van der Waals surface area contributed by atoms with E-state index < -0.39 is 40.6 Å². The van der Waals surface area contributed by atoms with Gasteiger partial charge in [0.25, 0.3) is 11.8 Å². The van der Waals surface area contributed by atoms with E-state index in [4.69, 9.17) is 0 Å². The van der Waals surface area contributed by atoms with E-state index in [0.717, 1.165) is 112 Å². The number of urea groups is 1. The van der Waals surface area contributed by atoms with Gasteiger partial charge in [-0.1, -0.05) is 139 Å². The summed E-state index contributed by atoms with van der Waals surface area (Å²) in [6, 6.07) is 23.8. The molecule has 0 aromatic heterocycles. The Balaban J connectivity index is 1.18. The SMILES string of the molecule is CC1(C)C(=C/C=C2\CCC/C(=C\C=C3\N(CCC(=O)O)c4ccc5ccccc5c4C3(C)C)C2=C2C(=O)N(C3CCCCC3)C(=O)N(C3CCCCC3)C2=O)N(CCC(=O)O)c2ccc3ccccc3c21. The second kappa shape index (κ2) is 19.1. The number of carbonyl (C=O) groups excluding carboxylic acids is 3. The van der Waals surface area contributed by atoms with Gasteiger partial charge in [-0.15, -0.1) is 0 Å². The van der Waals surface area contributed by atoms with Crippen molar-refractivity contribution in [2.45, 2.75) is 147 Å². The van der Waals surface area contributed by atoms with E-state index in [2.05, 4.69) is 110 Å². The van der Waals surface area contributed by atoms with Crippen LogP contribution in [0.15, 0.2) is 131 Å². The minimum atomic E-state index is -0.893. The fraction of sp³-hybridized carbons (Fsp3) is 0.417. The highest BCUT2D eigenvalue weighted by molar-refractivity contribution is 6.30. The number of benzene rings is 4. The fourth-order valence-corrected chi connectivity index (χ4v) is 13.1. The Labute approximate surface area is 416 Å². The number of allylic oxidation sites excluding steroid dienone is 9. The number of hydrogen-bond donors (Lipinski definition) is 2. The van der Waals surface area contributed by atoms with Gasteiger partial charge >= 0.3 is 18.0 Å². The monoisotopic (exact) mass is 954 g/mol. The lowest BCUT2D eigenvalue weighted by Crippen LogP contribution is -2.62. The molecule has 0 radical (unpaired) electrons. The Kier molecular flexibility index (Phi) is 12.9. The highest BCUT2D eigenvalue weighted by Crippen LogP contribution is 2.53. The topological polar surface area (TPSA) is 139 Å². The van der Waals surface area contributed by atoms with E-state index >= 15 is 9.59 Å². The van der Waals surface area contributed by atoms with Crippen LogP contribution in [0.3, 0.4) is 0 Å². The van der Waals surface area contributed by atoms with Gasteiger partial charge in [-0.3, -0.25) is 29.0 Å². The molecule has 71 heavy (non-hydrogen) atoms. The molecule has 3 heterocycles. The van der Waals surface area contributed by atoms with E-state index in [9.17, 15) is 24.6 Å². The van der Waals surface area contributed by atoms with Crippen LogP contribution in [0.25, 0.3) is 21.5 Å². The predicted octanol–water partition coefficient (Wildman–Crippen LogP) is 12.4. The summed E-state index contributed by atoms with van der Waals surface area (Å²) < 4.78 is 0. The number of carboxylic acid groups (broad SMARTS) is 2. The van der Waals surface area contributed by atoms with E-state index in [1.165, 1.54) is 9.80 Å². The molecule has 4 amide bonds. The van der Waals surface area contributed by atoms with E-state index in [-0.39, 0.29) is 43.6 Å². The Hall–Kier alpha value is -6.75. The van der Waals surface area contributed by atoms with Crippen LogP contribution >= 0.6 is 0 Å². The van der Waals surface area contributed by atoms with Gasteiger partial charge in [0, 0.05) is 58.8 Å². The summed E-state index contributed by atoms with van der Waals surface area (Å²) in [4.78, 5) is 77.4. The molecule has 1 saturated heterocycles. The molecule has 4 aromatic rings. The lowest BCUT2D eigenvalue weighted by Gasteiger charge is -2.44. The highest BCUT2D eigenvalue weighted by atomic mass is 16.4. The summed E-state index contributed by atoms with van der Waals surface area (Å²) >= 11 is 0. The van der Waals surface area contributed by atoms with E-state index in [1.807, 2.05) is 24.3 Å². The van der Waals surface area contributed by atoms with Crippen molar-refractivity contribution in [2.75, 3.05) is 22.9 Å². The molecule has 4 aromatic carbocycles. The average molecular weight is 955 g/mol. The Bertz CT molecular complexity index is 2830. The van der Waals surface area contributed by atoms with Crippen LogP contribution in [0.1, 0.15) is 135 Å². The van der Waals surface area contributed by atoms with Gasteiger partial charge in [-0.2, -0.15) is 0 Å². The molecule has 0 unspecified atom stereocenters. The quantitative estimate of drug-likeness (QED) is 0.117. The number of carbonyl (C=O) groups is 5. The Morgan fingerprint density at radius 3 is 1.35 bits per heavy atom. The summed E-state index contributed by atoms with van der Waals surface area (Å²) in [6.07, 6.45) is 18.4. The first-order valence-electron chi connectivity index (χ1n) is 26.0. The van der Waals surface area contributed by atoms with E-state index in [0.29, 0.717) is 44.1 Å². The molecule has 11 nitrogen and oxygen atoms in total. The van der Waals surface area contributed by atoms with Crippen LogP contribution in [-0.4, -0.2) is 75.0 Å². The predicted molar refractivity (Wildman–Crippen MR) is 279 cm³/mol. The molecule has 0 atom stereocenters. The van der Waals surface area contributed by atoms with Crippen molar-refractivity contribution in [3.63, 3.8) is 0 Å². The van der Waals surface area contributed by atoms with Crippen molar-refractivity contribution in [1.29, 1.82) is 0 Å². The molecule has 6 aliphatic rings. The van der Waals surface area contributed by atoms with Crippen molar-refractivity contribution < 1.29 is 34.2 Å². The number of aliphatic carboxylic acids is 2. The molecule has 11 heteroatoms. The first-order chi connectivity index (χ1) is 34.2.